The average molecular weight is 312 g/mol. The molecule has 120 valence electrons. The number of aliphatic hydroxyl groups excluding tert-OH is 1. The Morgan fingerprint density at radius 1 is 1.22 bits per heavy atom. The molecule has 1 heterocycles. The first kappa shape index (κ1) is 14.5. The van der Waals surface area contributed by atoms with Gasteiger partial charge in [0.2, 0.25) is 0 Å². The lowest BCUT2D eigenvalue weighted by atomic mass is 9.92. The van der Waals surface area contributed by atoms with Crippen LogP contribution in [0.25, 0.3) is 5.70 Å². The van der Waals surface area contributed by atoms with Crippen molar-refractivity contribution in [3.05, 3.63) is 52.7 Å². The third-order valence-electron chi connectivity index (χ3n) is 5.09. The number of allylic oxidation sites excluding steroid dienone is 1. The molecule has 2 aliphatic carbocycles. The predicted octanol–water partition coefficient (Wildman–Crippen LogP) is 2.52. The molecule has 3 aliphatic rings. The number of nitrogens with zero attached hydrogens (tertiary/aromatic N) is 2. The Bertz CT molecular complexity index is 738. The van der Waals surface area contributed by atoms with Gasteiger partial charge in [-0.25, -0.2) is 5.01 Å². The minimum Gasteiger partial charge on any atom is -0.480 e. The Morgan fingerprint density at radius 3 is 2.74 bits per heavy atom. The molecule has 0 saturated heterocycles. The summed E-state index contributed by atoms with van der Waals surface area (Å²) in [6.45, 7) is 0. The minimum absolute atomic E-state index is 0.601. The van der Waals surface area contributed by atoms with Gasteiger partial charge in [-0.2, -0.15) is 0 Å². The van der Waals surface area contributed by atoms with Gasteiger partial charge < -0.3 is 10.2 Å². The fourth-order valence-electron chi connectivity index (χ4n) is 4.11. The van der Waals surface area contributed by atoms with Gasteiger partial charge in [0.15, 0.2) is 0 Å². The molecular weight excluding hydrogens is 292 g/mol. The number of benzene rings is 1. The van der Waals surface area contributed by atoms with Crippen LogP contribution in [-0.2, 0) is 4.79 Å². The van der Waals surface area contributed by atoms with Crippen molar-refractivity contribution < 1.29 is 15.0 Å². The Labute approximate surface area is 135 Å². The monoisotopic (exact) mass is 312 g/mol. The number of hydrogen-bond acceptors (Lipinski definition) is 4. The van der Waals surface area contributed by atoms with Crippen molar-refractivity contribution in [1.29, 1.82) is 0 Å². The van der Waals surface area contributed by atoms with Crippen molar-refractivity contribution in [3.63, 3.8) is 0 Å². The molecule has 2 N–H and O–H groups in total. The normalized spacial score (nSPS) is 27.0. The van der Waals surface area contributed by atoms with Crippen LogP contribution in [0.3, 0.4) is 0 Å². The molecule has 5 heteroatoms. The van der Waals surface area contributed by atoms with E-state index in [9.17, 15) is 15.0 Å². The van der Waals surface area contributed by atoms with E-state index in [0.717, 1.165) is 53.8 Å². The third kappa shape index (κ3) is 2.04. The predicted molar refractivity (Wildman–Crippen MR) is 85.9 cm³/mol. The van der Waals surface area contributed by atoms with Crippen LogP contribution in [0.15, 0.2) is 41.6 Å². The van der Waals surface area contributed by atoms with Crippen LogP contribution in [0.1, 0.15) is 42.9 Å². The van der Waals surface area contributed by atoms with Crippen molar-refractivity contribution in [2.24, 2.45) is 0 Å². The fraction of sp³-hybridized carbons (Fsp3) is 0.389. The molecule has 0 spiro atoms. The molecule has 2 unspecified atom stereocenters. The highest BCUT2D eigenvalue weighted by Gasteiger charge is 2.44. The summed E-state index contributed by atoms with van der Waals surface area (Å²) in [6.07, 6.45) is 5.04. The van der Waals surface area contributed by atoms with E-state index in [4.69, 9.17) is 0 Å². The summed E-state index contributed by atoms with van der Waals surface area (Å²) >= 11 is 0. The molecule has 1 aromatic carbocycles. The minimum atomic E-state index is -0.808. The molecule has 4 rings (SSSR count). The van der Waals surface area contributed by atoms with Crippen LogP contribution in [-0.4, -0.2) is 39.3 Å². The SMILES string of the molecule is CN1C(C(=O)O)C2=C(CCCC2)N1C1=CC(O)c2ccccc21. The number of aliphatic carboxylic acids is 1. The summed E-state index contributed by atoms with van der Waals surface area (Å²) in [6, 6.07) is 7.17. The summed E-state index contributed by atoms with van der Waals surface area (Å²) < 4.78 is 0. The number of hydrazine groups is 1. The first-order chi connectivity index (χ1) is 11.1. The van der Waals surface area contributed by atoms with E-state index in [0.29, 0.717) is 0 Å². The van der Waals surface area contributed by atoms with Gasteiger partial charge >= 0.3 is 5.97 Å². The topological polar surface area (TPSA) is 64.0 Å². The maximum absolute atomic E-state index is 11.8. The van der Waals surface area contributed by atoms with E-state index in [-0.39, 0.29) is 0 Å². The summed E-state index contributed by atoms with van der Waals surface area (Å²) in [5, 5.41) is 23.8. The number of aliphatic hydroxyl groups is 1. The molecule has 1 aliphatic heterocycles. The smallest absolute Gasteiger partial charge is 0.327 e. The second-order valence-electron chi connectivity index (χ2n) is 6.39. The number of carboxylic acids is 1. The van der Waals surface area contributed by atoms with Crippen LogP contribution in [0.5, 0.6) is 0 Å². The summed E-state index contributed by atoms with van der Waals surface area (Å²) in [4.78, 5) is 11.8. The molecule has 0 saturated carbocycles. The van der Waals surface area contributed by atoms with Crippen LogP contribution < -0.4 is 0 Å². The van der Waals surface area contributed by atoms with E-state index < -0.39 is 18.1 Å². The zero-order chi connectivity index (χ0) is 16.1. The zero-order valence-electron chi connectivity index (χ0n) is 13.1. The van der Waals surface area contributed by atoms with Gasteiger partial charge in [-0.15, -0.1) is 0 Å². The van der Waals surface area contributed by atoms with Crippen molar-refractivity contribution in [1.82, 2.24) is 10.0 Å². The van der Waals surface area contributed by atoms with Crippen LogP contribution in [0, 0.1) is 0 Å². The number of carbonyl (C=O) groups is 1. The number of hydrogen-bond donors (Lipinski definition) is 2. The lowest BCUT2D eigenvalue weighted by Gasteiger charge is -2.32. The summed E-state index contributed by atoms with van der Waals surface area (Å²) in [5.41, 5.74) is 4.88. The highest BCUT2D eigenvalue weighted by Crippen LogP contribution is 2.46. The van der Waals surface area contributed by atoms with Crippen molar-refractivity contribution in [3.8, 4) is 0 Å². The molecule has 1 aromatic rings. The highest BCUT2D eigenvalue weighted by molar-refractivity contribution is 5.81. The third-order valence-corrected chi connectivity index (χ3v) is 5.09. The van der Waals surface area contributed by atoms with E-state index >= 15 is 0 Å². The lowest BCUT2D eigenvalue weighted by molar-refractivity contribution is -0.143. The van der Waals surface area contributed by atoms with Gasteiger partial charge in [0.05, 0.1) is 5.70 Å². The van der Waals surface area contributed by atoms with Crippen LogP contribution in [0.2, 0.25) is 0 Å². The molecule has 0 fully saturated rings. The largest absolute Gasteiger partial charge is 0.480 e. The van der Waals surface area contributed by atoms with Gasteiger partial charge in [-0.3, -0.25) is 9.80 Å². The Hall–Kier alpha value is -2.11. The summed E-state index contributed by atoms with van der Waals surface area (Å²) in [5.74, 6) is -0.808. The second kappa shape index (κ2) is 5.22. The fourth-order valence-corrected chi connectivity index (χ4v) is 4.11. The van der Waals surface area contributed by atoms with E-state index in [1.54, 1.807) is 5.01 Å². The lowest BCUT2D eigenvalue weighted by Crippen LogP contribution is -2.42. The molecule has 23 heavy (non-hydrogen) atoms. The van der Waals surface area contributed by atoms with Crippen LogP contribution >= 0.6 is 0 Å². The molecule has 0 bridgehead atoms. The quantitative estimate of drug-likeness (QED) is 0.878. The van der Waals surface area contributed by atoms with Crippen molar-refractivity contribution in [2.45, 2.75) is 37.8 Å². The Balaban J connectivity index is 1.82. The zero-order valence-corrected chi connectivity index (χ0v) is 13.1. The van der Waals surface area contributed by atoms with Crippen LogP contribution in [0.4, 0.5) is 0 Å². The standard InChI is InChI=1S/C18H20N2O3/c1-19-17(18(22)23)13-8-4-5-9-14(13)20(19)15-10-16(21)12-7-3-2-6-11(12)15/h2-3,6-7,10,16-17,21H,4-5,8-9H2,1H3,(H,22,23). The molecule has 2 atom stereocenters. The van der Waals surface area contributed by atoms with E-state index in [1.165, 1.54) is 0 Å². The van der Waals surface area contributed by atoms with Gasteiger partial charge in [0, 0.05) is 18.3 Å². The number of fused-ring (bicyclic) bond motifs is 1. The molecule has 0 aromatic heterocycles. The van der Waals surface area contributed by atoms with Gasteiger partial charge in [0.25, 0.3) is 0 Å². The van der Waals surface area contributed by atoms with Crippen molar-refractivity contribution in [2.75, 3.05) is 7.05 Å². The molecule has 0 amide bonds. The summed E-state index contributed by atoms with van der Waals surface area (Å²) in [7, 11) is 1.82. The average Bonchev–Trinajstić information content (AvgIpc) is 3.02. The van der Waals surface area contributed by atoms with E-state index in [2.05, 4.69) is 0 Å². The number of carboxylic acid groups (broad SMARTS) is 1. The number of likely N-dealkylation sites (N-methyl/N-ethyl adjacent to an activating group) is 1. The van der Waals surface area contributed by atoms with Crippen molar-refractivity contribution >= 4 is 11.7 Å². The maximum atomic E-state index is 11.8. The van der Waals surface area contributed by atoms with Gasteiger partial charge in [0.1, 0.15) is 12.1 Å². The first-order valence-electron chi connectivity index (χ1n) is 8.06. The molecule has 0 radical (unpaired) electrons. The van der Waals surface area contributed by atoms with Gasteiger partial charge in [-0.05, 0) is 42.9 Å². The van der Waals surface area contributed by atoms with E-state index in [1.807, 2.05) is 42.4 Å². The van der Waals surface area contributed by atoms with Gasteiger partial charge in [-0.1, -0.05) is 24.3 Å². The Kier molecular flexibility index (Phi) is 3.28. The molecule has 5 nitrogen and oxygen atoms in total. The first-order valence-corrected chi connectivity index (χ1v) is 8.06. The second-order valence-corrected chi connectivity index (χ2v) is 6.39. The number of rotatable bonds is 2. The maximum Gasteiger partial charge on any atom is 0.327 e. The molecular formula is C18H20N2O3. The highest BCUT2D eigenvalue weighted by atomic mass is 16.4. The Morgan fingerprint density at radius 2 is 1.96 bits per heavy atom.